The van der Waals surface area contributed by atoms with Crippen LogP contribution >= 0.6 is 0 Å². The molecule has 0 amide bonds. The van der Waals surface area contributed by atoms with Gasteiger partial charge in [-0.2, -0.15) is 0 Å². The molecule has 1 heterocycles. The zero-order chi connectivity index (χ0) is 11.1. The Hall–Kier alpha value is -1.37. The van der Waals surface area contributed by atoms with Crippen LogP contribution < -0.4 is 0 Å². The van der Waals surface area contributed by atoms with Crippen LogP contribution in [0.5, 0.6) is 0 Å². The molecule has 0 bridgehead atoms. The lowest BCUT2D eigenvalue weighted by Crippen LogP contribution is -2.35. The van der Waals surface area contributed by atoms with Crippen molar-refractivity contribution >= 4 is 5.97 Å². The van der Waals surface area contributed by atoms with E-state index in [-0.39, 0.29) is 30.8 Å². The zero-order valence-corrected chi connectivity index (χ0v) is 8.17. The molecule has 7 nitrogen and oxygen atoms in total. The molecule has 15 heavy (non-hydrogen) atoms. The van der Waals surface area contributed by atoms with Crippen LogP contribution in [0, 0.1) is 16.0 Å². The first-order chi connectivity index (χ1) is 7.04. The minimum Gasteiger partial charge on any atom is -0.462 e. The normalized spacial score (nSPS) is 38.6. The molecule has 0 aromatic rings. The molecule has 3 unspecified atom stereocenters. The van der Waals surface area contributed by atoms with Crippen molar-refractivity contribution in [2.45, 2.75) is 31.2 Å². The smallest absolute Gasteiger partial charge is 0.306 e. The van der Waals surface area contributed by atoms with Gasteiger partial charge in [0.15, 0.2) is 0 Å². The van der Waals surface area contributed by atoms with E-state index in [1.54, 1.807) is 0 Å². The fraction of sp³-hybridized carbons (Fsp3) is 0.875. The van der Waals surface area contributed by atoms with E-state index >= 15 is 0 Å². The van der Waals surface area contributed by atoms with E-state index in [4.69, 9.17) is 9.47 Å². The average Bonchev–Trinajstić information content (AvgIpc) is 2.58. The van der Waals surface area contributed by atoms with Crippen molar-refractivity contribution in [2.24, 2.45) is 5.92 Å². The summed E-state index contributed by atoms with van der Waals surface area (Å²) < 4.78 is 10.0. The van der Waals surface area contributed by atoms with Crippen LogP contribution in [0.25, 0.3) is 0 Å². The van der Waals surface area contributed by atoms with Gasteiger partial charge in [0, 0.05) is 25.9 Å². The maximum absolute atomic E-state index is 10.9. The molecular weight excluding hydrogens is 206 g/mol. The molecule has 2 rings (SSSR count). The van der Waals surface area contributed by atoms with E-state index in [9.17, 15) is 14.9 Å². The average molecular weight is 217 g/mol. The van der Waals surface area contributed by atoms with E-state index in [0.717, 1.165) is 0 Å². The van der Waals surface area contributed by atoms with Gasteiger partial charge < -0.3 is 9.47 Å². The third-order valence-corrected chi connectivity index (χ3v) is 2.94. The van der Waals surface area contributed by atoms with Crippen molar-refractivity contribution in [1.82, 2.24) is 0 Å². The molecule has 0 aromatic heterocycles. The summed E-state index contributed by atoms with van der Waals surface area (Å²) in [6.45, 7) is 0. The van der Waals surface area contributed by atoms with Crippen LogP contribution in [0.4, 0.5) is 0 Å². The summed E-state index contributed by atoms with van der Waals surface area (Å²) in [5.41, 5.74) is 0. The maximum Gasteiger partial charge on any atom is 0.306 e. The minimum absolute atomic E-state index is 0.0302. The summed E-state index contributed by atoms with van der Waals surface area (Å²) >= 11 is 0. The second-order valence-electron chi connectivity index (χ2n) is 3.83. The van der Waals surface area contributed by atoms with Crippen molar-refractivity contribution in [3.8, 4) is 0 Å². The summed E-state index contributed by atoms with van der Waals surface area (Å²) in [5, 5.41) is 9.43. The standard InChI is InChI=1S/C8H11NO6/c1-13-8(15-9(11)12)3-5-2-7(10)14-6(5)4-8/h5-6H,2-4H2,1H3. The van der Waals surface area contributed by atoms with Crippen LogP contribution in [0.2, 0.25) is 0 Å². The second-order valence-corrected chi connectivity index (χ2v) is 3.83. The van der Waals surface area contributed by atoms with Crippen LogP contribution in [-0.2, 0) is 19.1 Å². The largest absolute Gasteiger partial charge is 0.462 e. The fourth-order valence-corrected chi connectivity index (χ4v) is 2.27. The van der Waals surface area contributed by atoms with E-state index in [0.29, 0.717) is 6.42 Å². The monoisotopic (exact) mass is 217 g/mol. The molecule has 1 aliphatic heterocycles. The van der Waals surface area contributed by atoms with Gasteiger partial charge in [-0.25, -0.2) is 0 Å². The van der Waals surface area contributed by atoms with E-state index in [2.05, 4.69) is 4.84 Å². The Bertz CT molecular complexity index is 288. The summed E-state index contributed by atoms with van der Waals surface area (Å²) in [7, 11) is 1.35. The third-order valence-electron chi connectivity index (χ3n) is 2.94. The predicted molar refractivity (Wildman–Crippen MR) is 45.0 cm³/mol. The van der Waals surface area contributed by atoms with Gasteiger partial charge in [-0.15, -0.1) is 10.1 Å². The molecule has 1 saturated heterocycles. The highest BCUT2D eigenvalue weighted by atomic mass is 17.0. The number of methoxy groups -OCH3 is 1. The number of esters is 1. The molecule has 3 atom stereocenters. The Morgan fingerprint density at radius 2 is 2.33 bits per heavy atom. The highest BCUT2D eigenvalue weighted by Crippen LogP contribution is 2.44. The molecule has 7 heteroatoms. The van der Waals surface area contributed by atoms with Gasteiger partial charge in [0.1, 0.15) is 6.10 Å². The Balaban J connectivity index is 2.07. The van der Waals surface area contributed by atoms with Crippen molar-refractivity contribution in [1.29, 1.82) is 0 Å². The quantitative estimate of drug-likeness (QED) is 0.291. The van der Waals surface area contributed by atoms with Gasteiger partial charge in [0.2, 0.25) is 5.79 Å². The highest BCUT2D eigenvalue weighted by molar-refractivity contribution is 5.72. The summed E-state index contributed by atoms with van der Waals surface area (Å²) in [5.74, 6) is -1.52. The Labute approximate surface area is 85.4 Å². The van der Waals surface area contributed by atoms with E-state index in [1.807, 2.05) is 0 Å². The summed E-state index contributed by atoms with van der Waals surface area (Å²) in [4.78, 5) is 25.8. The molecular formula is C8H11NO6. The van der Waals surface area contributed by atoms with Crippen LogP contribution in [-0.4, -0.2) is 30.1 Å². The lowest BCUT2D eigenvalue weighted by molar-refractivity contribution is -0.796. The highest BCUT2D eigenvalue weighted by Gasteiger charge is 2.54. The van der Waals surface area contributed by atoms with Crippen LogP contribution in [0.15, 0.2) is 0 Å². The molecule has 1 aliphatic carbocycles. The molecule has 2 aliphatic rings. The molecule has 0 N–H and O–H groups in total. The molecule has 84 valence electrons. The second kappa shape index (κ2) is 3.34. The topological polar surface area (TPSA) is 87.9 Å². The third kappa shape index (κ3) is 1.74. The van der Waals surface area contributed by atoms with Gasteiger partial charge in [-0.05, 0) is 0 Å². The lowest BCUT2D eigenvalue weighted by Gasteiger charge is -2.24. The molecule has 0 spiro atoms. The number of nitrogens with zero attached hydrogens (tertiary/aromatic N) is 1. The SMILES string of the molecule is COC1(O[N+](=O)[O-])CC2CC(=O)OC2C1. The van der Waals surface area contributed by atoms with Gasteiger partial charge in [-0.3, -0.25) is 9.63 Å². The predicted octanol–water partition coefficient (Wildman–Crippen LogP) is 0.263. The molecule has 1 saturated carbocycles. The summed E-state index contributed by atoms with van der Waals surface area (Å²) in [6.07, 6.45) is 0.524. The zero-order valence-electron chi connectivity index (χ0n) is 8.17. The number of carbonyl (C=O) groups excluding carboxylic acids is 1. The van der Waals surface area contributed by atoms with Gasteiger partial charge >= 0.3 is 5.97 Å². The Morgan fingerprint density at radius 1 is 1.60 bits per heavy atom. The van der Waals surface area contributed by atoms with Gasteiger partial charge in [0.05, 0.1) is 6.42 Å². The first-order valence-corrected chi connectivity index (χ1v) is 4.63. The van der Waals surface area contributed by atoms with Crippen LogP contribution in [0.1, 0.15) is 19.3 Å². The van der Waals surface area contributed by atoms with Crippen molar-refractivity contribution in [3.05, 3.63) is 10.1 Å². The number of hydrogen-bond donors (Lipinski definition) is 0. The maximum atomic E-state index is 10.9. The number of rotatable bonds is 3. The summed E-state index contributed by atoms with van der Waals surface area (Å²) in [6, 6.07) is 0. The van der Waals surface area contributed by atoms with Crippen molar-refractivity contribution in [2.75, 3.05) is 7.11 Å². The fourth-order valence-electron chi connectivity index (χ4n) is 2.27. The van der Waals surface area contributed by atoms with Crippen LogP contribution in [0.3, 0.4) is 0 Å². The van der Waals surface area contributed by atoms with Gasteiger partial charge in [-0.1, -0.05) is 0 Å². The number of hydrogen-bond acceptors (Lipinski definition) is 6. The Kier molecular flexibility index (Phi) is 2.26. The lowest BCUT2D eigenvalue weighted by atomic mass is 10.0. The molecule has 0 radical (unpaired) electrons. The van der Waals surface area contributed by atoms with E-state index < -0.39 is 10.9 Å². The first kappa shape index (κ1) is 10.2. The number of ether oxygens (including phenoxy) is 2. The van der Waals surface area contributed by atoms with E-state index in [1.165, 1.54) is 7.11 Å². The number of fused-ring (bicyclic) bond motifs is 1. The van der Waals surface area contributed by atoms with Gasteiger partial charge in [0.25, 0.3) is 5.09 Å². The first-order valence-electron chi connectivity index (χ1n) is 4.63. The minimum atomic E-state index is -1.24. The van der Waals surface area contributed by atoms with Crippen molar-refractivity contribution in [3.63, 3.8) is 0 Å². The Morgan fingerprint density at radius 3 is 2.87 bits per heavy atom. The van der Waals surface area contributed by atoms with Crippen molar-refractivity contribution < 1.29 is 24.2 Å². The number of carbonyl (C=O) groups is 1. The molecule has 2 fully saturated rings. The molecule has 0 aromatic carbocycles.